The Balaban J connectivity index is 3.43. The van der Waals surface area contributed by atoms with Crippen LogP contribution in [0.25, 0.3) is 0 Å². The fourth-order valence-electron chi connectivity index (χ4n) is 2.84. The lowest BCUT2D eigenvalue weighted by atomic mass is 10.00. The summed E-state index contributed by atoms with van der Waals surface area (Å²) in [5.41, 5.74) is 3.75. The zero-order chi connectivity index (χ0) is 25.6. The van der Waals surface area contributed by atoms with Crippen LogP contribution in [0.15, 0.2) is 24.3 Å². The molecule has 33 heavy (non-hydrogen) atoms. The molecule has 180 valence electrons. The number of terminal acetylenes is 1. The third kappa shape index (κ3) is 8.73. The summed E-state index contributed by atoms with van der Waals surface area (Å²) in [6.07, 6.45) is 4.03. The van der Waals surface area contributed by atoms with Gasteiger partial charge >= 0.3 is 6.09 Å². The predicted octanol–water partition coefficient (Wildman–Crippen LogP) is 1.54. The monoisotopic (exact) mass is 460 g/mol. The van der Waals surface area contributed by atoms with Gasteiger partial charge in [-0.25, -0.2) is 4.79 Å². The summed E-state index contributed by atoms with van der Waals surface area (Å²) in [6, 6.07) is 5.04. The first-order valence-electron chi connectivity index (χ1n) is 10.2. The Morgan fingerprint density at radius 2 is 1.73 bits per heavy atom. The number of carbonyl (C=O) groups is 4. The molecule has 0 aromatic heterocycles. The highest BCUT2D eigenvalue weighted by atomic mass is 16.6. The fraction of sp³-hybridized carbons (Fsp3) is 0.478. The molecule has 1 rings (SSSR count). The third-order valence-corrected chi connectivity index (χ3v) is 4.01. The molecule has 0 heterocycles. The molecule has 2 atom stereocenters. The van der Waals surface area contributed by atoms with Crippen LogP contribution in [-0.2, 0) is 19.1 Å². The van der Waals surface area contributed by atoms with Gasteiger partial charge in [-0.3, -0.25) is 19.3 Å². The summed E-state index contributed by atoms with van der Waals surface area (Å²) in [7, 11) is 0. The van der Waals surface area contributed by atoms with Gasteiger partial charge in [-0.15, -0.1) is 0 Å². The van der Waals surface area contributed by atoms with Gasteiger partial charge in [0.25, 0.3) is 5.91 Å². The summed E-state index contributed by atoms with van der Waals surface area (Å²) >= 11 is 0. The van der Waals surface area contributed by atoms with Crippen LogP contribution < -0.4 is 16.4 Å². The summed E-state index contributed by atoms with van der Waals surface area (Å²) in [5, 5.41) is 15.4. The number of nitrogens with one attached hydrogen (secondary N) is 2. The molecular weight excluding hydrogens is 428 g/mol. The van der Waals surface area contributed by atoms with E-state index in [2.05, 4.69) is 16.7 Å². The molecule has 4 amide bonds. The standard InChI is InChI=1S/C23H32N4O6/c1-8-27(20(31)15(13-17(24)29)25-21(32)33-23(5,6)7)18(19(30)26-22(2,3)4)14-11-9-10-12-16(14)28/h1,9-12,15,18,28H,13H2,2-7H3,(H2,24,29)(H,25,32)(H,26,30). The largest absolute Gasteiger partial charge is 0.508 e. The van der Waals surface area contributed by atoms with Gasteiger partial charge in [0, 0.05) is 17.1 Å². The maximum absolute atomic E-state index is 13.4. The van der Waals surface area contributed by atoms with Gasteiger partial charge in [0.05, 0.1) is 6.42 Å². The van der Waals surface area contributed by atoms with Crippen LogP contribution in [0.3, 0.4) is 0 Å². The Labute approximate surface area is 193 Å². The van der Waals surface area contributed by atoms with Crippen molar-refractivity contribution in [2.45, 2.75) is 71.2 Å². The van der Waals surface area contributed by atoms with Crippen molar-refractivity contribution in [3.63, 3.8) is 0 Å². The van der Waals surface area contributed by atoms with E-state index < -0.39 is 53.5 Å². The number of nitrogens with two attached hydrogens (primary N) is 1. The van der Waals surface area contributed by atoms with Gasteiger partial charge in [0.2, 0.25) is 11.8 Å². The van der Waals surface area contributed by atoms with Crippen molar-refractivity contribution >= 4 is 23.8 Å². The van der Waals surface area contributed by atoms with Crippen LogP contribution in [0.4, 0.5) is 4.79 Å². The number of ether oxygens (including phenoxy) is 1. The number of hydrogen-bond donors (Lipinski definition) is 4. The highest BCUT2D eigenvalue weighted by Gasteiger charge is 2.38. The Hall–Kier alpha value is -3.74. The Morgan fingerprint density at radius 1 is 1.15 bits per heavy atom. The smallest absolute Gasteiger partial charge is 0.408 e. The van der Waals surface area contributed by atoms with E-state index in [0.717, 1.165) is 0 Å². The van der Waals surface area contributed by atoms with E-state index in [9.17, 15) is 24.3 Å². The molecule has 0 aliphatic rings. The molecule has 1 aromatic rings. The fourth-order valence-corrected chi connectivity index (χ4v) is 2.84. The number of hydrogen-bond acceptors (Lipinski definition) is 6. The number of aromatic hydroxyl groups is 1. The van der Waals surface area contributed by atoms with Crippen molar-refractivity contribution in [2.24, 2.45) is 5.73 Å². The van der Waals surface area contributed by atoms with E-state index in [-0.39, 0.29) is 11.3 Å². The predicted molar refractivity (Wildman–Crippen MR) is 121 cm³/mol. The van der Waals surface area contributed by atoms with E-state index in [1.54, 1.807) is 53.7 Å². The molecule has 0 saturated carbocycles. The lowest BCUT2D eigenvalue weighted by Crippen LogP contribution is -2.54. The van der Waals surface area contributed by atoms with Crippen molar-refractivity contribution in [3.05, 3.63) is 29.8 Å². The summed E-state index contributed by atoms with van der Waals surface area (Å²) in [4.78, 5) is 51.1. The van der Waals surface area contributed by atoms with Crippen molar-refractivity contribution < 1.29 is 29.0 Å². The molecule has 10 heteroatoms. The van der Waals surface area contributed by atoms with Gasteiger partial charge in [0.1, 0.15) is 17.4 Å². The molecule has 0 saturated heterocycles. The number of nitrogens with zero attached hydrogens (tertiary/aromatic N) is 1. The zero-order valence-electron chi connectivity index (χ0n) is 19.8. The second-order valence-corrected chi connectivity index (χ2v) is 9.41. The minimum atomic E-state index is -1.51. The Bertz CT molecular complexity index is 939. The van der Waals surface area contributed by atoms with Gasteiger partial charge in [0.15, 0.2) is 6.04 Å². The van der Waals surface area contributed by atoms with Crippen LogP contribution in [0.2, 0.25) is 0 Å². The second-order valence-electron chi connectivity index (χ2n) is 9.41. The first-order valence-corrected chi connectivity index (χ1v) is 10.2. The van der Waals surface area contributed by atoms with Gasteiger partial charge in [-0.05, 0) is 47.6 Å². The average Bonchev–Trinajstić information content (AvgIpc) is 2.62. The normalized spacial score (nSPS) is 13.1. The number of para-hydroxylation sites is 1. The average molecular weight is 461 g/mol. The number of alkyl carbamates (subject to hydrolysis) is 1. The zero-order valence-corrected chi connectivity index (χ0v) is 19.8. The van der Waals surface area contributed by atoms with E-state index in [1.165, 1.54) is 12.1 Å². The maximum Gasteiger partial charge on any atom is 0.408 e. The number of primary amides is 1. The highest BCUT2D eigenvalue weighted by Crippen LogP contribution is 2.30. The van der Waals surface area contributed by atoms with Gasteiger partial charge in [-0.1, -0.05) is 24.6 Å². The summed E-state index contributed by atoms with van der Waals surface area (Å²) in [5.74, 6) is -2.80. The van der Waals surface area contributed by atoms with E-state index >= 15 is 0 Å². The van der Waals surface area contributed by atoms with E-state index in [0.29, 0.717) is 4.90 Å². The van der Waals surface area contributed by atoms with Gasteiger partial charge < -0.3 is 26.2 Å². The third-order valence-electron chi connectivity index (χ3n) is 4.01. The van der Waals surface area contributed by atoms with Crippen LogP contribution in [-0.4, -0.2) is 51.0 Å². The molecule has 0 spiro atoms. The molecule has 0 aliphatic carbocycles. The number of carbonyl (C=O) groups excluding carboxylic acids is 4. The first-order chi connectivity index (χ1) is 15.1. The molecule has 0 bridgehead atoms. The molecular formula is C23H32N4O6. The van der Waals surface area contributed by atoms with E-state index in [4.69, 9.17) is 16.9 Å². The number of rotatable bonds is 7. The van der Waals surface area contributed by atoms with E-state index in [1.807, 2.05) is 0 Å². The van der Waals surface area contributed by atoms with Crippen molar-refractivity contribution in [1.29, 1.82) is 0 Å². The number of phenolic OH excluding ortho intramolecular Hbond substituents is 1. The summed E-state index contributed by atoms with van der Waals surface area (Å²) in [6.45, 7) is 10.1. The van der Waals surface area contributed by atoms with Crippen molar-refractivity contribution in [3.8, 4) is 18.2 Å². The SMILES string of the molecule is C#CN(C(=O)C(CC(N)=O)NC(=O)OC(C)(C)C)C(C(=O)NC(C)(C)C)c1ccccc1O. The topological polar surface area (TPSA) is 151 Å². The van der Waals surface area contributed by atoms with Gasteiger partial charge in [-0.2, -0.15) is 0 Å². The first kappa shape index (κ1) is 27.3. The Kier molecular flexibility index (Phi) is 8.87. The highest BCUT2D eigenvalue weighted by molar-refractivity contribution is 5.95. The minimum absolute atomic E-state index is 0.0562. The lowest BCUT2D eigenvalue weighted by molar-refractivity contribution is -0.140. The minimum Gasteiger partial charge on any atom is -0.508 e. The molecule has 5 N–H and O–H groups in total. The molecule has 1 aromatic carbocycles. The quantitative estimate of drug-likeness (QED) is 0.358. The number of amides is 4. The number of phenols is 1. The van der Waals surface area contributed by atoms with Crippen molar-refractivity contribution in [1.82, 2.24) is 15.5 Å². The molecule has 2 unspecified atom stereocenters. The number of benzene rings is 1. The summed E-state index contributed by atoms with van der Waals surface area (Å²) < 4.78 is 5.15. The maximum atomic E-state index is 13.4. The van der Waals surface area contributed by atoms with Crippen LogP contribution in [0.1, 0.15) is 59.6 Å². The molecule has 0 fully saturated rings. The van der Waals surface area contributed by atoms with Crippen molar-refractivity contribution in [2.75, 3.05) is 0 Å². The van der Waals surface area contributed by atoms with Crippen LogP contribution in [0.5, 0.6) is 5.75 Å². The lowest BCUT2D eigenvalue weighted by Gasteiger charge is -2.32. The van der Waals surface area contributed by atoms with Crippen LogP contribution >= 0.6 is 0 Å². The molecule has 10 nitrogen and oxygen atoms in total. The molecule has 0 radical (unpaired) electrons. The Morgan fingerprint density at radius 3 is 2.18 bits per heavy atom. The van der Waals surface area contributed by atoms with Crippen LogP contribution in [0, 0.1) is 12.5 Å². The molecule has 0 aliphatic heterocycles. The second kappa shape index (κ2) is 10.7.